The molecular formula is C11H16N4O2. The average Bonchev–Trinajstić information content (AvgIpc) is 2.82. The number of nitrogens with zero attached hydrogens (tertiary/aromatic N) is 3. The second-order valence-corrected chi connectivity index (χ2v) is 4.07. The average molecular weight is 236 g/mol. The molecule has 1 aliphatic heterocycles. The third kappa shape index (κ3) is 3.39. The predicted octanol–water partition coefficient (Wildman–Crippen LogP) is 0.682. The molecule has 6 nitrogen and oxygen atoms in total. The highest BCUT2D eigenvalue weighted by Crippen LogP contribution is 2.07. The molecule has 0 spiro atoms. The lowest BCUT2D eigenvalue weighted by atomic mass is 10.4. The molecule has 0 aliphatic carbocycles. The summed E-state index contributed by atoms with van der Waals surface area (Å²) < 4.78 is 0. The van der Waals surface area contributed by atoms with Crippen molar-refractivity contribution in [3.05, 3.63) is 18.1 Å². The van der Waals surface area contributed by atoms with E-state index in [1.165, 1.54) is 25.2 Å². The summed E-state index contributed by atoms with van der Waals surface area (Å²) in [6, 6.07) is 0. The molecule has 1 aromatic rings. The quantitative estimate of drug-likeness (QED) is 0.783. The van der Waals surface area contributed by atoms with Gasteiger partial charge in [0.15, 0.2) is 5.69 Å². The molecule has 2 N–H and O–H groups in total. The van der Waals surface area contributed by atoms with Crippen LogP contribution < -0.4 is 5.32 Å². The first-order valence-electron chi connectivity index (χ1n) is 5.77. The van der Waals surface area contributed by atoms with E-state index in [0.29, 0.717) is 5.82 Å². The van der Waals surface area contributed by atoms with E-state index >= 15 is 0 Å². The van der Waals surface area contributed by atoms with E-state index in [9.17, 15) is 4.79 Å². The van der Waals surface area contributed by atoms with Crippen LogP contribution in [0.25, 0.3) is 0 Å². The summed E-state index contributed by atoms with van der Waals surface area (Å²) in [5, 5.41) is 11.9. The van der Waals surface area contributed by atoms with Gasteiger partial charge in [0, 0.05) is 13.1 Å². The molecule has 92 valence electrons. The van der Waals surface area contributed by atoms with Crippen molar-refractivity contribution in [2.24, 2.45) is 0 Å². The van der Waals surface area contributed by atoms with Crippen LogP contribution in [-0.4, -0.2) is 52.1 Å². The molecule has 1 aromatic heterocycles. The summed E-state index contributed by atoms with van der Waals surface area (Å²) in [5.74, 6) is -0.537. The van der Waals surface area contributed by atoms with E-state index in [1.54, 1.807) is 0 Å². The first-order chi connectivity index (χ1) is 8.25. The Labute approximate surface area is 99.7 Å². The third-order valence-corrected chi connectivity index (χ3v) is 2.79. The fraction of sp³-hybridized carbons (Fsp3) is 0.545. The monoisotopic (exact) mass is 236 g/mol. The van der Waals surface area contributed by atoms with Crippen molar-refractivity contribution in [2.75, 3.05) is 31.5 Å². The van der Waals surface area contributed by atoms with E-state index in [0.717, 1.165) is 26.2 Å². The van der Waals surface area contributed by atoms with Crippen molar-refractivity contribution in [3.8, 4) is 0 Å². The van der Waals surface area contributed by atoms with Gasteiger partial charge in [-0.2, -0.15) is 0 Å². The molecule has 0 radical (unpaired) electrons. The largest absolute Gasteiger partial charge is 0.476 e. The van der Waals surface area contributed by atoms with Gasteiger partial charge in [0.25, 0.3) is 0 Å². The van der Waals surface area contributed by atoms with E-state index in [-0.39, 0.29) is 5.69 Å². The number of likely N-dealkylation sites (tertiary alicyclic amines) is 1. The molecule has 0 amide bonds. The molecule has 0 bridgehead atoms. The number of carbonyl (C=O) groups is 1. The molecule has 0 saturated carbocycles. The van der Waals surface area contributed by atoms with Crippen LogP contribution >= 0.6 is 0 Å². The maximum absolute atomic E-state index is 10.7. The minimum atomic E-state index is -1.05. The van der Waals surface area contributed by atoms with Crippen LogP contribution in [0.3, 0.4) is 0 Å². The van der Waals surface area contributed by atoms with Gasteiger partial charge < -0.3 is 15.3 Å². The molecule has 2 rings (SSSR count). The SMILES string of the molecule is O=C(O)c1cncc(NCCN2CCCC2)n1. The number of hydrogen-bond donors (Lipinski definition) is 2. The molecular weight excluding hydrogens is 220 g/mol. The van der Waals surface area contributed by atoms with Gasteiger partial charge in [0.05, 0.1) is 12.4 Å². The lowest BCUT2D eigenvalue weighted by Crippen LogP contribution is -2.26. The first kappa shape index (κ1) is 11.8. The van der Waals surface area contributed by atoms with Crippen molar-refractivity contribution in [1.82, 2.24) is 14.9 Å². The molecule has 0 unspecified atom stereocenters. The second-order valence-electron chi connectivity index (χ2n) is 4.07. The molecule has 1 aliphatic rings. The van der Waals surface area contributed by atoms with Crippen LogP contribution in [0.2, 0.25) is 0 Å². The smallest absolute Gasteiger partial charge is 0.356 e. The highest BCUT2D eigenvalue weighted by Gasteiger charge is 2.10. The number of aromatic nitrogens is 2. The van der Waals surface area contributed by atoms with Gasteiger partial charge in [-0.25, -0.2) is 9.78 Å². The van der Waals surface area contributed by atoms with Crippen molar-refractivity contribution in [1.29, 1.82) is 0 Å². The van der Waals surface area contributed by atoms with Gasteiger partial charge in [-0.05, 0) is 25.9 Å². The van der Waals surface area contributed by atoms with Crippen molar-refractivity contribution in [2.45, 2.75) is 12.8 Å². The zero-order valence-electron chi connectivity index (χ0n) is 9.59. The fourth-order valence-electron chi connectivity index (χ4n) is 1.90. The van der Waals surface area contributed by atoms with Crippen LogP contribution in [0, 0.1) is 0 Å². The molecule has 0 aromatic carbocycles. The van der Waals surface area contributed by atoms with Gasteiger partial charge in [-0.3, -0.25) is 4.98 Å². The Kier molecular flexibility index (Phi) is 3.87. The maximum atomic E-state index is 10.7. The third-order valence-electron chi connectivity index (χ3n) is 2.79. The van der Waals surface area contributed by atoms with Gasteiger partial charge in [0.1, 0.15) is 5.82 Å². The number of carboxylic acid groups (broad SMARTS) is 1. The highest BCUT2D eigenvalue weighted by molar-refractivity contribution is 5.85. The molecule has 0 atom stereocenters. The van der Waals surface area contributed by atoms with Gasteiger partial charge in [-0.1, -0.05) is 0 Å². The summed E-state index contributed by atoms with van der Waals surface area (Å²) in [6.07, 6.45) is 5.33. The Morgan fingerprint density at radius 1 is 1.41 bits per heavy atom. The Bertz CT molecular complexity index is 391. The first-order valence-corrected chi connectivity index (χ1v) is 5.77. The van der Waals surface area contributed by atoms with Crippen LogP contribution in [0.15, 0.2) is 12.4 Å². The Morgan fingerprint density at radius 2 is 2.18 bits per heavy atom. The lowest BCUT2D eigenvalue weighted by molar-refractivity contribution is 0.0690. The highest BCUT2D eigenvalue weighted by atomic mass is 16.4. The molecule has 1 saturated heterocycles. The van der Waals surface area contributed by atoms with Crippen LogP contribution in [0.4, 0.5) is 5.82 Å². The van der Waals surface area contributed by atoms with Crippen molar-refractivity contribution >= 4 is 11.8 Å². The topological polar surface area (TPSA) is 78.3 Å². The zero-order valence-corrected chi connectivity index (χ0v) is 9.59. The van der Waals surface area contributed by atoms with Crippen molar-refractivity contribution in [3.63, 3.8) is 0 Å². The van der Waals surface area contributed by atoms with E-state index < -0.39 is 5.97 Å². The molecule has 17 heavy (non-hydrogen) atoms. The minimum absolute atomic E-state index is 0.0313. The summed E-state index contributed by atoms with van der Waals surface area (Å²) in [7, 11) is 0. The van der Waals surface area contributed by atoms with Crippen LogP contribution in [0.5, 0.6) is 0 Å². The Balaban J connectivity index is 1.81. The number of rotatable bonds is 5. The lowest BCUT2D eigenvalue weighted by Gasteiger charge is -2.14. The van der Waals surface area contributed by atoms with E-state index in [4.69, 9.17) is 5.11 Å². The Morgan fingerprint density at radius 3 is 2.88 bits per heavy atom. The number of nitrogens with one attached hydrogen (secondary N) is 1. The fourth-order valence-corrected chi connectivity index (χ4v) is 1.90. The maximum Gasteiger partial charge on any atom is 0.356 e. The molecule has 1 fully saturated rings. The number of anilines is 1. The van der Waals surface area contributed by atoms with Crippen LogP contribution in [0.1, 0.15) is 23.3 Å². The number of hydrogen-bond acceptors (Lipinski definition) is 5. The second kappa shape index (κ2) is 5.58. The summed E-state index contributed by atoms with van der Waals surface area (Å²) in [5.41, 5.74) is -0.0313. The van der Waals surface area contributed by atoms with E-state index in [1.807, 2.05) is 0 Å². The van der Waals surface area contributed by atoms with Gasteiger partial charge >= 0.3 is 5.97 Å². The summed E-state index contributed by atoms with van der Waals surface area (Å²) in [4.78, 5) is 20.9. The molecule has 6 heteroatoms. The Hall–Kier alpha value is -1.69. The standard InChI is InChI=1S/C11H16N4O2/c16-11(17)9-7-12-8-10(14-9)13-3-6-15-4-1-2-5-15/h7-8H,1-6H2,(H,13,14)(H,16,17). The predicted molar refractivity (Wildman–Crippen MR) is 63.2 cm³/mol. The van der Waals surface area contributed by atoms with Crippen LogP contribution in [-0.2, 0) is 0 Å². The summed E-state index contributed by atoms with van der Waals surface area (Å²) in [6.45, 7) is 4.03. The van der Waals surface area contributed by atoms with Gasteiger partial charge in [-0.15, -0.1) is 0 Å². The molecule has 2 heterocycles. The number of aromatic carboxylic acids is 1. The van der Waals surface area contributed by atoms with Crippen molar-refractivity contribution < 1.29 is 9.90 Å². The summed E-state index contributed by atoms with van der Waals surface area (Å²) >= 11 is 0. The normalized spacial score (nSPS) is 16.0. The zero-order chi connectivity index (χ0) is 12.1. The van der Waals surface area contributed by atoms with E-state index in [2.05, 4.69) is 20.2 Å². The number of carboxylic acids is 1. The van der Waals surface area contributed by atoms with Gasteiger partial charge in [0.2, 0.25) is 0 Å². The minimum Gasteiger partial charge on any atom is -0.476 e.